The molecule has 11 heteroatoms. The van der Waals surface area contributed by atoms with Crippen LogP contribution in [0.15, 0.2) is 90.0 Å². The van der Waals surface area contributed by atoms with Gasteiger partial charge in [-0.25, -0.2) is 9.67 Å². The van der Waals surface area contributed by atoms with E-state index >= 15 is 0 Å². The van der Waals surface area contributed by atoms with Gasteiger partial charge in [0, 0.05) is 23.9 Å². The van der Waals surface area contributed by atoms with Crippen LogP contribution in [-0.2, 0) is 4.79 Å². The molecule has 0 aliphatic carbocycles. The van der Waals surface area contributed by atoms with Gasteiger partial charge in [-0.3, -0.25) is 9.59 Å². The molecule has 0 saturated heterocycles. The number of nitrogens with one attached hydrogen (secondary N) is 2. The molecule has 0 spiro atoms. The molecule has 2 aromatic heterocycles. The fraction of sp³-hybridized carbons (Fsp3) is 0.100. The lowest BCUT2D eigenvalue weighted by Gasteiger charge is -2.08. The van der Waals surface area contributed by atoms with Gasteiger partial charge in [-0.15, -0.1) is 0 Å². The summed E-state index contributed by atoms with van der Waals surface area (Å²) in [5.41, 5.74) is 7.14. The van der Waals surface area contributed by atoms with Crippen LogP contribution in [0.2, 0.25) is 10.0 Å². The Bertz CT molecular complexity index is 1750. The highest BCUT2D eigenvalue weighted by atomic mass is 35.5. The second kappa shape index (κ2) is 12.5. The molecular weight excluding hydrogens is 579 g/mol. The average Bonchev–Trinajstić information content (AvgIpc) is 3.60. The van der Waals surface area contributed by atoms with Gasteiger partial charge in [0.15, 0.2) is 5.78 Å². The van der Waals surface area contributed by atoms with E-state index in [1.807, 2.05) is 66.7 Å². The summed E-state index contributed by atoms with van der Waals surface area (Å²) in [5.74, 6) is -0.833. The molecule has 0 aliphatic heterocycles. The number of carbonyl (C=O) groups is 2. The first-order chi connectivity index (χ1) is 19.8. The van der Waals surface area contributed by atoms with Crippen molar-refractivity contribution in [2.45, 2.75) is 13.3 Å². The second-order valence-corrected chi connectivity index (χ2v) is 10.7. The maximum Gasteiger partial charge on any atom is 0.272 e. The molecule has 1 amide bonds. The predicted molar refractivity (Wildman–Crippen MR) is 165 cm³/mol. The van der Waals surface area contributed by atoms with Crippen molar-refractivity contribution in [2.75, 3.05) is 12.4 Å². The monoisotopic (exact) mass is 602 g/mol. The number of rotatable bonds is 9. The zero-order valence-electron chi connectivity index (χ0n) is 22.1. The molecule has 3 aromatic carbocycles. The Hall–Kier alpha value is -4.31. The molecule has 0 radical (unpaired) electrons. The van der Waals surface area contributed by atoms with Gasteiger partial charge in [-0.2, -0.15) is 10.2 Å². The van der Waals surface area contributed by atoms with E-state index in [0.717, 1.165) is 22.5 Å². The number of benzene rings is 3. The van der Waals surface area contributed by atoms with Gasteiger partial charge in [0.1, 0.15) is 5.71 Å². The van der Waals surface area contributed by atoms with Crippen LogP contribution in [0.1, 0.15) is 21.8 Å². The largest absolute Gasteiger partial charge is 0.321 e. The highest BCUT2D eigenvalue weighted by Gasteiger charge is 2.24. The minimum absolute atomic E-state index is 0.00773. The number of thiazole rings is 1. The van der Waals surface area contributed by atoms with Crippen LogP contribution in [0.4, 0.5) is 5.69 Å². The van der Waals surface area contributed by atoms with Crippen LogP contribution in [0, 0.1) is 6.92 Å². The van der Waals surface area contributed by atoms with Crippen molar-refractivity contribution in [1.82, 2.24) is 20.2 Å². The van der Waals surface area contributed by atoms with Gasteiger partial charge in [-0.05, 0) is 31.2 Å². The molecule has 41 heavy (non-hydrogen) atoms. The number of halogens is 2. The third-order valence-corrected chi connectivity index (χ3v) is 8.00. The maximum atomic E-state index is 13.4. The lowest BCUT2D eigenvalue weighted by molar-refractivity contribution is -0.110. The third-order valence-electron chi connectivity index (χ3n) is 6.08. The number of Topliss-reactive ketones (excluding diaryl/α,β-unsaturated/α-hetero) is 1. The van der Waals surface area contributed by atoms with Crippen molar-refractivity contribution >= 4 is 57.6 Å². The normalized spacial score (nSPS) is 11.4. The number of anilines is 1. The van der Waals surface area contributed by atoms with E-state index < -0.39 is 5.91 Å². The van der Waals surface area contributed by atoms with Gasteiger partial charge in [0.25, 0.3) is 5.91 Å². The van der Waals surface area contributed by atoms with E-state index in [2.05, 4.69) is 15.8 Å². The summed E-state index contributed by atoms with van der Waals surface area (Å²) < 4.78 is 1.76. The Balaban J connectivity index is 1.44. The Labute approximate surface area is 250 Å². The van der Waals surface area contributed by atoms with Crippen LogP contribution >= 0.6 is 34.5 Å². The number of carbonyl (C=O) groups excluding carboxylic acids is 2. The van der Waals surface area contributed by atoms with Crippen LogP contribution in [0.3, 0.4) is 0 Å². The summed E-state index contributed by atoms with van der Waals surface area (Å²) >= 11 is 13.3. The molecule has 0 unspecified atom stereocenters. The van der Waals surface area contributed by atoms with E-state index in [1.54, 1.807) is 30.8 Å². The number of hydrogen-bond acceptors (Lipinski definition) is 7. The Morgan fingerprint density at radius 1 is 0.927 bits per heavy atom. The maximum absolute atomic E-state index is 13.4. The standard InChI is InChI=1S/C30H24Cl2N6O2S/c1-18-28(27(39)17-25(36-33-2)29(40)35-21-13-14-22(31)23(32)15-21)41-30(34-18)38-26(20-11-7-4-8-12-20)16-24(37-38)19-9-5-3-6-10-19/h3-16,33H,17H2,1-2H3,(H,35,40)/b36-25-. The highest BCUT2D eigenvalue weighted by molar-refractivity contribution is 7.16. The zero-order valence-corrected chi connectivity index (χ0v) is 24.4. The zero-order chi connectivity index (χ0) is 28.9. The van der Waals surface area contributed by atoms with E-state index in [9.17, 15) is 9.59 Å². The van der Waals surface area contributed by atoms with Crippen molar-refractivity contribution in [3.63, 3.8) is 0 Å². The minimum atomic E-state index is -0.542. The predicted octanol–water partition coefficient (Wildman–Crippen LogP) is 7.06. The molecular formula is C30H24Cl2N6O2S. The molecule has 206 valence electrons. The quantitative estimate of drug-likeness (QED) is 0.107. The first-order valence-corrected chi connectivity index (χ1v) is 14.1. The fourth-order valence-electron chi connectivity index (χ4n) is 4.14. The SMILES string of the molecule is CN/N=C(/CC(=O)c1sc(-n2nc(-c3ccccc3)cc2-c2ccccc2)nc1C)C(=O)Nc1ccc(Cl)c(Cl)c1. The number of aryl methyl sites for hydroxylation is 1. The van der Waals surface area contributed by atoms with Gasteiger partial charge in [0.05, 0.1) is 38.4 Å². The minimum Gasteiger partial charge on any atom is -0.321 e. The van der Waals surface area contributed by atoms with Crippen molar-refractivity contribution in [3.8, 4) is 27.6 Å². The molecule has 2 heterocycles. The first-order valence-electron chi connectivity index (χ1n) is 12.6. The smallest absolute Gasteiger partial charge is 0.272 e. The summed E-state index contributed by atoms with van der Waals surface area (Å²) in [6.07, 6.45) is -0.240. The van der Waals surface area contributed by atoms with Gasteiger partial charge >= 0.3 is 0 Å². The number of nitrogens with zero attached hydrogens (tertiary/aromatic N) is 4. The van der Waals surface area contributed by atoms with Crippen molar-refractivity contribution in [3.05, 3.63) is 106 Å². The van der Waals surface area contributed by atoms with Crippen LogP contribution in [-0.4, -0.2) is 39.2 Å². The molecule has 0 bridgehead atoms. The molecule has 0 atom stereocenters. The molecule has 5 aromatic rings. The summed E-state index contributed by atoms with van der Waals surface area (Å²) in [5, 5.41) is 12.8. The van der Waals surface area contributed by atoms with Crippen molar-refractivity contribution in [2.24, 2.45) is 5.10 Å². The van der Waals surface area contributed by atoms with Crippen LogP contribution in [0.5, 0.6) is 0 Å². The summed E-state index contributed by atoms with van der Waals surface area (Å²) in [7, 11) is 1.56. The second-order valence-electron chi connectivity index (χ2n) is 8.93. The highest BCUT2D eigenvalue weighted by Crippen LogP contribution is 2.32. The van der Waals surface area contributed by atoms with E-state index in [-0.39, 0.29) is 17.9 Å². The van der Waals surface area contributed by atoms with E-state index in [4.69, 9.17) is 33.3 Å². The first kappa shape index (κ1) is 28.2. The Kier molecular flexibility index (Phi) is 8.58. The molecule has 5 rings (SSSR count). The summed E-state index contributed by atoms with van der Waals surface area (Å²) in [6.45, 7) is 1.77. The van der Waals surface area contributed by atoms with Gasteiger partial charge in [0.2, 0.25) is 5.13 Å². The molecule has 0 saturated carbocycles. The Morgan fingerprint density at radius 3 is 2.27 bits per heavy atom. The summed E-state index contributed by atoms with van der Waals surface area (Å²) in [4.78, 5) is 31.5. The van der Waals surface area contributed by atoms with Gasteiger partial charge < -0.3 is 10.7 Å². The van der Waals surface area contributed by atoms with Crippen LogP contribution < -0.4 is 10.7 Å². The number of aromatic nitrogens is 3. The lowest BCUT2D eigenvalue weighted by Crippen LogP contribution is -2.27. The topological polar surface area (TPSA) is 101 Å². The lowest BCUT2D eigenvalue weighted by atomic mass is 10.1. The molecule has 8 nitrogen and oxygen atoms in total. The van der Waals surface area contributed by atoms with Gasteiger partial charge in [-0.1, -0.05) is 95.2 Å². The Morgan fingerprint density at radius 2 is 1.61 bits per heavy atom. The third kappa shape index (κ3) is 6.38. The summed E-state index contributed by atoms with van der Waals surface area (Å²) in [6, 6.07) is 26.5. The number of hydrazone groups is 1. The molecule has 0 fully saturated rings. The van der Waals surface area contributed by atoms with Crippen LogP contribution in [0.25, 0.3) is 27.6 Å². The van der Waals surface area contributed by atoms with Crippen molar-refractivity contribution < 1.29 is 9.59 Å². The molecule has 2 N–H and O–H groups in total. The van der Waals surface area contributed by atoms with E-state index in [0.29, 0.717) is 31.4 Å². The number of hydrogen-bond donors (Lipinski definition) is 2. The number of ketones is 1. The van der Waals surface area contributed by atoms with E-state index in [1.165, 1.54) is 17.4 Å². The average molecular weight is 604 g/mol. The van der Waals surface area contributed by atoms with Crippen molar-refractivity contribution in [1.29, 1.82) is 0 Å². The number of amides is 1. The fourth-order valence-corrected chi connectivity index (χ4v) is 5.41. The molecule has 0 aliphatic rings.